The molecule has 1 aliphatic carbocycles. The first-order valence-corrected chi connectivity index (χ1v) is 5.14. The van der Waals surface area contributed by atoms with Crippen molar-refractivity contribution in [3.8, 4) is 0 Å². The van der Waals surface area contributed by atoms with Gasteiger partial charge < -0.3 is 10.1 Å². The van der Waals surface area contributed by atoms with E-state index in [-0.39, 0.29) is 12.0 Å². The molecule has 1 saturated heterocycles. The lowest BCUT2D eigenvalue weighted by atomic mass is 9.78. The number of rotatable bonds is 1. The second kappa shape index (κ2) is 3.66. The summed E-state index contributed by atoms with van der Waals surface area (Å²) in [6.45, 7) is 1.00. The van der Waals surface area contributed by atoms with Gasteiger partial charge in [0.25, 0.3) is 0 Å². The van der Waals surface area contributed by atoms with E-state index in [1.165, 1.54) is 32.8 Å². The molecule has 2 aliphatic rings. The van der Waals surface area contributed by atoms with Crippen molar-refractivity contribution < 1.29 is 9.53 Å². The monoisotopic (exact) mass is 183 g/mol. The fourth-order valence-corrected chi connectivity index (χ4v) is 2.74. The van der Waals surface area contributed by atoms with Crippen LogP contribution in [0.4, 0.5) is 0 Å². The van der Waals surface area contributed by atoms with Crippen molar-refractivity contribution in [2.75, 3.05) is 13.7 Å². The first-order valence-electron chi connectivity index (χ1n) is 5.14. The maximum absolute atomic E-state index is 11.4. The second-order valence-corrected chi connectivity index (χ2v) is 4.12. The fourth-order valence-electron chi connectivity index (χ4n) is 2.74. The SMILES string of the molecule is COC(=O)C1NCC2CCCCC21. The predicted octanol–water partition coefficient (Wildman–Crippen LogP) is 0.938. The molecule has 3 atom stereocenters. The number of carbonyl (C=O) groups excluding carboxylic acids is 1. The van der Waals surface area contributed by atoms with Gasteiger partial charge in [-0.05, 0) is 31.2 Å². The zero-order valence-corrected chi connectivity index (χ0v) is 8.08. The lowest BCUT2D eigenvalue weighted by Gasteiger charge is -2.26. The normalized spacial score (nSPS) is 38.4. The molecular formula is C10H17NO2. The zero-order valence-electron chi connectivity index (χ0n) is 8.08. The van der Waals surface area contributed by atoms with Crippen LogP contribution in [0.25, 0.3) is 0 Å². The third-order valence-electron chi connectivity index (χ3n) is 3.45. The van der Waals surface area contributed by atoms with Crippen LogP contribution in [-0.4, -0.2) is 25.7 Å². The Hall–Kier alpha value is -0.570. The number of hydrogen-bond acceptors (Lipinski definition) is 3. The van der Waals surface area contributed by atoms with E-state index in [9.17, 15) is 4.79 Å². The molecule has 0 amide bonds. The van der Waals surface area contributed by atoms with E-state index >= 15 is 0 Å². The molecule has 1 N–H and O–H groups in total. The van der Waals surface area contributed by atoms with Crippen LogP contribution >= 0.6 is 0 Å². The third-order valence-corrected chi connectivity index (χ3v) is 3.45. The van der Waals surface area contributed by atoms with Gasteiger partial charge in [0.05, 0.1) is 7.11 Å². The van der Waals surface area contributed by atoms with Crippen molar-refractivity contribution in [1.82, 2.24) is 5.32 Å². The second-order valence-electron chi connectivity index (χ2n) is 4.12. The minimum atomic E-state index is -0.0746. The average Bonchev–Trinajstić information content (AvgIpc) is 2.60. The topological polar surface area (TPSA) is 38.3 Å². The van der Waals surface area contributed by atoms with Gasteiger partial charge >= 0.3 is 5.97 Å². The first-order chi connectivity index (χ1) is 6.33. The van der Waals surface area contributed by atoms with E-state index < -0.39 is 0 Å². The standard InChI is InChI=1S/C10H17NO2/c1-13-10(12)9-8-5-3-2-4-7(8)6-11-9/h7-9,11H,2-6H2,1H3. The van der Waals surface area contributed by atoms with Crippen LogP contribution in [0.1, 0.15) is 25.7 Å². The van der Waals surface area contributed by atoms with Crippen LogP contribution < -0.4 is 5.32 Å². The van der Waals surface area contributed by atoms with Crippen LogP contribution in [0.2, 0.25) is 0 Å². The summed E-state index contributed by atoms with van der Waals surface area (Å²) in [6, 6.07) is -0.0182. The summed E-state index contributed by atoms with van der Waals surface area (Å²) in [7, 11) is 1.47. The summed E-state index contributed by atoms with van der Waals surface area (Å²) < 4.78 is 4.78. The summed E-state index contributed by atoms with van der Waals surface area (Å²) in [5.74, 6) is 1.19. The maximum Gasteiger partial charge on any atom is 0.323 e. The number of hydrogen-bond donors (Lipinski definition) is 1. The number of carbonyl (C=O) groups is 1. The molecule has 3 nitrogen and oxygen atoms in total. The Kier molecular flexibility index (Phi) is 2.54. The van der Waals surface area contributed by atoms with Gasteiger partial charge in [-0.1, -0.05) is 12.8 Å². The first kappa shape index (κ1) is 9.00. The number of nitrogens with one attached hydrogen (secondary N) is 1. The van der Waals surface area contributed by atoms with Gasteiger partial charge in [-0.25, -0.2) is 0 Å². The summed E-state index contributed by atoms with van der Waals surface area (Å²) in [4.78, 5) is 11.4. The molecule has 0 aromatic carbocycles. The van der Waals surface area contributed by atoms with E-state index in [0.29, 0.717) is 5.92 Å². The van der Waals surface area contributed by atoms with Gasteiger partial charge in [0.15, 0.2) is 0 Å². The van der Waals surface area contributed by atoms with Gasteiger partial charge in [0.1, 0.15) is 6.04 Å². The molecular weight excluding hydrogens is 166 g/mol. The molecule has 1 heterocycles. The highest BCUT2D eigenvalue weighted by molar-refractivity contribution is 5.76. The fraction of sp³-hybridized carbons (Fsp3) is 0.900. The number of methoxy groups -OCH3 is 1. The highest BCUT2D eigenvalue weighted by atomic mass is 16.5. The molecule has 2 rings (SSSR count). The Morgan fingerprint density at radius 3 is 2.92 bits per heavy atom. The average molecular weight is 183 g/mol. The largest absolute Gasteiger partial charge is 0.468 e. The van der Waals surface area contributed by atoms with Crippen molar-refractivity contribution in [2.45, 2.75) is 31.7 Å². The summed E-state index contributed by atoms with van der Waals surface area (Å²) in [5, 5.41) is 3.27. The maximum atomic E-state index is 11.4. The highest BCUT2D eigenvalue weighted by Crippen LogP contribution is 2.36. The zero-order chi connectivity index (χ0) is 9.26. The minimum absolute atomic E-state index is 0.0182. The van der Waals surface area contributed by atoms with Crippen molar-refractivity contribution in [3.63, 3.8) is 0 Å². The van der Waals surface area contributed by atoms with Crippen molar-refractivity contribution >= 4 is 5.97 Å². The molecule has 1 aliphatic heterocycles. The van der Waals surface area contributed by atoms with Crippen molar-refractivity contribution in [3.05, 3.63) is 0 Å². The Morgan fingerprint density at radius 1 is 1.38 bits per heavy atom. The molecule has 2 fully saturated rings. The summed E-state index contributed by atoms with van der Waals surface area (Å²) in [6.07, 6.45) is 5.08. The minimum Gasteiger partial charge on any atom is -0.468 e. The molecule has 0 aromatic heterocycles. The van der Waals surface area contributed by atoms with E-state index in [2.05, 4.69) is 5.32 Å². The van der Waals surface area contributed by atoms with Gasteiger partial charge in [0.2, 0.25) is 0 Å². The molecule has 0 bridgehead atoms. The molecule has 13 heavy (non-hydrogen) atoms. The Labute approximate surface area is 78.8 Å². The molecule has 0 aromatic rings. The van der Waals surface area contributed by atoms with Gasteiger partial charge in [0, 0.05) is 0 Å². The highest BCUT2D eigenvalue weighted by Gasteiger charge is 2.41. The summed E-state index contributed by atoms with van der Waals surface area (Å²) >= 11 is 0. The van der Waals surface area contributed by atoms with Gasteiger partial charge in [-0.2, -0.15) is 0 Å². The Morgan fingerprint density at radius 2 is 2.15 bits per heavy atom. The lowest BCUT2D eigenvalue weighted by Crippen LogP contribution is -2.37. The van der Waals surface area contributed by atoms with Crippen LogP contribution in [0.5, 0.6) is 0 Å². The van der Waals surface area contributed by atoms with E-state index in [1.807, 2.05) is 0 Å². The van der Waals surface area contributed by atoms with Crippen LogP contribution in [0, 0.1) is 11.8 Å². The smallest absolute Gasteiger partial charge is 0.323 e. The lowest BCUT2D eigenvalue weighted by molar-refractivity contribution is -0.144. The van der Waals surface area contributed by atoms with Crippen molar-refractivity contribution in [2.24, 2.45) is 11.8 Å². The number of esters is 1. The molecule has 3 unspecified atom stereocenters. The van der Waals surface area contributed by atoms with Gasteiger partial charge in [-0.15, -0.1) is 0 Å². The van der Waals surface area contributed by atoms with Crippen LogP contribution in [-0.2, 0) is 9.53 Å². The molecule has 1 saturated carbocycles. The van der Waals surface area contributed by atoms with Crippen LogP contribution in [0.15, 0.2) is 0 Å². The third kappa shape index (κ3) is 1.57. The number of fused-ring (bicyclic) bond motifs is 1. The molecule has 3 heteroatoms. The Bertz CT molecular complexity index is 205. The van der Waals surface area contributed by atoms with E-state index in [4.69, 9.17) is 4.74 Å². The molecule has 0 radical (unpaired) electrons. The van der Waals surface area contributed by atoms with E-state index in [1.54, 1.807) is 0 Å². The molecule has 74 valence electrons. The summed E-state index contributed by atoms with van der Waals surface area (Å²) in [5.41, 5.74) is 0. The Balaban J connectivity index is 2.02. The molecule has 0 spiro atoms. The van der Waals surface area contributed by atoms with Gasteiger partial charge in [-0.3, -0.25) is 4.79 Å². The van der Waals surface area contributed by atoms with Crippen molar-refractivity contribution in [1.29, 1.82) is 0 Å². The van der Waals surface area contributed by atoms with E-state index in [0.717, 1.165) is 12.5 Å². The predicted molar refractivity (Wildman–Crippen MR) is 49.3 cm³/mol. The number of ether oxygens (including phenoxy) is 1. The quantitative estimate of drug-likeness (QED) is 0.615. The van der Waals surface area contributed by atoms with Crippen LogP contribution in [0.3, 0.4) is 0 Å².